The molecule has 1 N–H and O–H groups in total. The van der Waals surface area contributed by atoms with Gasteiger partial charge in [-0.15, -0.1) is 0 Å². The summed E-state index contributed by atoms with van der Waals surface area (Å²) in [6.45, 7) is 3.22. The van der Waals surface area contributed by atoms with Crippen LogP contribution in [-0.4, -0.2) is 56.3 Å². The van der Waals surface area contributed by atoms with Gasteiger partial charge in [0.1, 0.15) is 0 Å². The molecule has 2 fully saturated rings. The fourth-order valence-corrected chi connectivity index (χ4v) is 6.87. The van der Waals surface area contributed by atoms with Gasteiger partial charge in [0.2, 0.25) is 5.91 Å². The molecule has 172 valence electrons. The smallest absolute Gasteiger partial charge is 0.241 e. The van der Waals surface area contributed by atoms with Crippen molar-refractivity contribution in [1.82, 2.24) is 10.2 Å². The third-order valence-corrected chi connectivity index (χ3v) is 9.19. The van der Waals surface area contributed by atoms with E-state index >= 15 is 0 Å². The van der Waals surface area contributed by atoms with Crippen LogP contribution in [0.15, 0.2) is 59.5 Å². The Balaban J connectivity index is 1.42. The monoisotopic (exact) mass is 476 g/mol. The Morgan fingerprint density at radius 2 is 1.78 bits per heavy atom. The van der Waals surface area contributed by atoms with Gasteiger partial charge in [0.25, 0.3) is 0 Å². The van der Waals surface area contributed by atoms with E-state index in [9.17, 15) is 13.2 Å². The number of sulfone groups is 1. The first kappa shape index (κ1) is 23.2. The van der Waals surface area contributed by atoms with Crippen LogP contribution >= 0.6 is 11.6 Å². The predicted molar refractivity (Wildman–Crippen MR) is 124 cm³/mol. The SMILES string of the molecule is O=C(NCC1CN(Cc2ccccc2)CCO1)C1(S(=O)(=O)c2ccc(Cl)cc2)CCCC1. The maximum atomic E-state index is 13.5. The van der Waals surface area contributed by atoms with Gasteiger partial charge < -0.3 is 10.1 Å². The molecule has 2 aromatic rings. The highest BCUT2D eigenvalue weighted by Gasteiger charge is 2.52. The molecule has 1 atom stereocenters. The van der Waals surface area contributed by atoms with Crippen molar-refractivity contribution in [3.63, 3.8) is 0 Å². The first-order chi connectivity index (χ1) is 15.4. The minimum Gasteiger partial charge on any atom is -0.374 e. The maximum Gasteiger partial charge on any atom is 0.241 e. The van der Waals surface area contributed by atoms with Crippen LogP contribution < -0.4 is 5.32 Å². The fraction of sp³-hybridized carbons (Fsp3) is 0.458. The molecule has 1 saturated carbocycles. The Hall–Kier alpha value is -1.93. The Morgan fingerprint density at radius 1 is 1.09 bits per heavy atom. The van der Waals surface area contributed by atoms with E-state index in [1.54, 1.807) is 12.1 Å². The fourth-order valence-electron chi connectivity index (χ4n) is 4.66. The van der Waals surface area contributed by atoms with E-state index in [1.165, 1.54) is 17.7 Å². The van der Waals surface area contributed by atoms with Gasteiger partial charge >= 0.3 is 0 Å². The van der Waals surface area contributed by atoms with E-state index < -0.39 is 20.5 Å². The normalized spacial score (nSPS) is 21.3. The first-order valence-electron chi connectivity index (χ1n) is 11.1. The van der Waals surface area contributed by atoms with Crippen molar-refractivity contribution < 1.29 is 17.9 Å². The lowest BCUT2D eigenvalue weighted by Gasteiger charge is -2.34. The van der Waals surface area contributed by atoms with Gasteiger partial charge in [-0.05, 0) is 42.7 Å². The summed E-state index contributed by atoms with van der Waals surface area (Å²) < 4.78 is 31.4. The van der Waals surface area contributed by atoms with Gasteiger partial charge in [0.15, 0.2) is 14.6 Å². The highest BCUT2D eigenvalue weighted by atomic mass is 35.5. The van der Waals surface area contributed by atoms with Crippen molar-refractivity contribution in [3.8, 4) is 0 Å². The van der Waals surface area contributed by atoms with Crippen LogP contribution in [-0.2, 0) is 25.9 Å². The van der Waals surface area contributed by atoms with Crippen molar-refractivity contribution >= 4 is 27.3 Å². The number of nitrogens with zero attached hydrogens (tertiary/aromatic N) is 1. The lowest BCUT2D eigenvalue weighted by Crippen LogP contribution is -2.54. The lowest BCUT2D eigenvalue weighted by atomic mass is 10.1. The second kappa shape index (κ2) is 9.91. The van der Waals surface area contributed by atoms with Crippen molar-refractivity contribution in [2.75, 3.05) is 26.2 Å². The molecule has 8 heteroatoms. The third-order valence-electron chi connectivity index (χ3n) is 6.43. The van der Waals surface area contributed by atoms with Crippen LogP contribution in [0, 0.1) is 0 Å². The molecule has 6 nitrogen and oxygen atoms in total. The number of halogens is 1. The number of hydrogen-bond donors (Lipinski definition) is 1. The number of carbonyl (C=O) groups is 1. The van der Waals surface area contributed by atoms with E-state index in [0.29, 0.717) is 50.4 Å². The van der Waals surface area contributed by atoms with Gasteiger partial charge in [-0.1, -0.05) is 54.8 Å². The van der Waals surface area contributed by atoms with Crippen LogP contribution in [0.4, 0.5) is 0 Å². The third kappa shape index (κ3) is 4.86. The van der Waals surface area contributed by atoms with Crippen molar-refractivity contribution in [2.24, 2.45) is 0 Å². The van der Waals surface area contributed by atoms with Gasteiger partial charge in [-0.2, -0.15) is 0 Å². The van der Waals surface area contributed by atoms with Gasteiger partial charge in [0.05, 0.1) is 17.6 Å². The number of morpholine rings is 1. The summed E-state index contributed by atoms with van der Waals surface area (Å²) in [6, 6.07) is 16.3. The second-order valence-electron chi connectivity index (χ2n) is 8.58. The van der Waals surface area contributed by atoms with E-state index in [1.807, 2.05) is 18.2 Å². The standard InChI is InChI=1S/C24H29ClN2O4S/c25-20-8-10-22(11-9-20)32(29,30)24(12-4-5-13-24)23(28)26-16-21-18-27(14-15-31-21)17-19-6-2-1-3-7-19/h1-3,6-11,21H,4-5,12-18H2,(H,26,28). The summed E-state index contributed by atoms with van der Waals surface area (Å²) in [6.07, 6.45) is 1.91. The van der Waals surface area contributed by atoms with Gasteiger partial charge in [-0.3, -0.25) is 9.69 Å². The largest absolute Gasteiger partial charge is 0.374 e. The molecule has 1 aliphatic carbocycles. The van der Waals surface area contributed by atoms with E-state index in [0.717, 1.165) is 13.1 Å². The number of hydrogen-bond acceptors (Lipinski definition) is 5. The summed E-state index contributed by atoms with van der Waals surface area (Å²) >= 11 is 5.93. The van der Waals surface area contributed by atoms with Gasteiger partial charge in [0, 0.05) is 31.2 Å². The topological polar surface area (TPSA) is 75.7 Å². The number of benzene rings is 2. The van der Waals surface area contributed by atoms with Crippen molar-refractivity contribution in [2.45, 2.75) is 48.0 Å². The molecular formula is C24H29ClN2O4S. The highest BCUT2D eigenvalue weighted by Crippen LogP contribution is 2.41. The Morgan fingerprint density at radius 3 is 2.47 bits per heavy atom. The molecule has 32 heavy (non-hydrogen) atoms. The first-order valence-corrected chi connectivity index (χ1v) is 12.9. The molecule has 1 unspecified atom stereocenters. The summed E-state index contributed by atoms with van der Waals surface area (Å²) in [4.78, 5) is 15.7. The lowest BCUT2D eigenvalue weighted by molar-refractivity contribution is -0.124. The minimum absolute atomic E-state index is 0.141. The summed E-state index contributed by atoms with van der Waals surface area (Å²) in [5, 5.41) is 3.37. The van der Waals surface area contributed by atoms with Crippen molar-refractivity contribution in [3.05, 3.63) is 65.2 Å². The van der Waals surface area contributed by atoms with Gasteiger partial charge in [-0.25, -0.2) is 8.42 Å². The Labute approximate surface area is 194 Å². The minimum atomic E-state index is -3.84. The number of ether oxygens (including phenoxy) is 1. The van der Waals surface area contributed by atoms with Crippen LogP contribution in [0.2, 0.25) is 5.02 Å². The zero-order chi connectivity index (χ0) is 22.6. The average Bonchev–Trinajstić information content (AvgIpc) is 3.31. The van der Waals surface area contributed by atoms with E-state index in [4.69, 9.17) is 16.3 Å². The highest BCUT2D eigenvalue weighted by molar-refractivity contribution is 7.93. The molecule has 1 aliphatic heterocycles. The number of carbonyl (C=O) groups excluding carboxylic acids is 1. The molecule has 0 bridgehead atoms. The van der Waals surface area contributed by atoms with Crippen LogP contribution in [0.3, 0.4) is 0 Å². The molecule has 1 heterocycles. The molecule has 0 radical (unpaired) electrons. The zero-order valence-electron chi connectivity index (χ0n) is 18.0. The molecule has 2 aromatic carbocycles. The molecular weight excluding hydrogens is 448 g/mol. The summed E-state index contributed by atoms with van der Waals surface area (Å²) in [5.41, 5.74) is 1.23. The summed E-state index contributed by atoms with van der Waals surface area (Å²) in [5.74, 6) is -0.422. The molecule has 2 aliphatic rings. The molecule has 4 rings (SSSR count). The molecule has 0 aromatic heterocycles. The predicted octanol–water partition coefficient (Wildman–Crippen LogP) is 3.44. The second-order valence-corrected chi connectivity index (χ2v) is 11.3. The zero-order valence-corrected chi connectivity index (χ0v) is 19.6. The van der Waals surface area contributed by atoms with E-state index in [-0.39, 0.29) is 11.0 Å². The van der Waals surface area contributed by atoms with Crippen molar-refractivity contribution in [1.29, 1.82) is 0 Å². The number of rotatable bonds is 7. The quantitative estimate of drug-likeness (QED) is 0.662. The molecule has 1 amide bonds. The average molecular weight is 477 g/mol. The van der Waals surface area contributed by atoms with E-state index in [2.05, 4.69) is 22.3 Å². The summed E-state index contributed by atoms with van der Waals surface area (Å²) in [7, 11) is -3.84. The Kier molecular flexibility index (Phi) is 7.20. The molecule has 1 saturated heterocycles. The number of nitrogens with one attached hydrogen (secondary N) is 1. The number of amides is 1. The van der Waals surface area contributed by atoms with Crippen LogP contribution in [0.5, 0.6) is 0 Å². The van der Waals surface area contributed by atoms with Crippen LogP contribution in [0.1, 0.15) is 31.2 Å². The maximum absolute atomic E-state index is 13.5. The Bertz CT molecular complexity index is 1020. The van der Waals surface area contributed by atoms with Crippen LogP contribution in [0.25, 0.3) is 0 Å². The molecule has 0 spiro atoms.